The molecule has 1 aromatic rings. The Morgan fingerprint density at radius 3 is 2.80 bits per heavy atom. The lowest BCUT2D eigenvalue weighted by molar-refractivity contribution is -0.133. The number of aryl methyl sites for hydroxylation is 1. The Balaban J connectivity index is 1.65. The number of piperidine rings is 1. The second-order valence-electron chi connectivity index (χ2n) is 5.85. The molecule has 1 aromatic carbocycles. The number of benzene rings is 1. The number of carbonyl (C=O) groups excluding carboxylic acids is 1. The van der Waals surface area contributed by atoms with Gasteiger partial charge < -0.3 is 9.64 Å². The second-order valence-corrected chi connectivity index (χ2v) is 5.85. The Bertz CT molecular complexity index is 427. The summed E-state index contributed by atoms with van der Waals surface area (Å²) in [4.78, 5) is 14.1. The van der Waals surface area contributed by atoms with Crippen LogP contribution in [-0.2, 0) is 4.79 Å². The van der Waals surface area contributed by atoms with E-state index in [-0.39, 0.29) is 5.91 Å². The number of carbonyl (C=O) groups is 1. The molecule has 0 radical (unpaired) electrons. The lowest BCUT2D eigenvalue weighted by atomic mass is 10.00. The highest BCUT2D eigenvalue weighted by molar-refractivity contribution is 5.76. The molecule has 0 N–H and O–H groups in total. The lowest BCUT2D eigenvalue weighted by Gasteiger charge is -2.31. The minimum Gasteiger partial charge on any atom is -0.494 e. The zero-order valence-electron chi connectivity index (χ0n) is 12.6. The van der Waals surface area contributed by atoms with Gasteiger partial charge in [-0.05, 0) is 44.2 Å². The van der Waals surface area contributed by atoms with Crippen LogP contribution in [0.25, 0.3) is 0 Å². The van der Waals surface area contributed by atoms with E-state index in [0.29, 0.717) is 18.9 Å². The fourth-order valence-electron chi connectivity index (χ4n) is 2.62. The van der Waals surface area contributed by atoms with Gasteiger partial charge in [-0.3, -0.25) is 4.79 Å². The molecular weight excluding hydrogens is 250 g/mol. The molecular formula is C17H25NO2. The predicted octanol–water partition coefficient (Wildman–Crippen LogP) is 3.41. The Morgan fingerprint density at radius 1 is 1.35 bits per heavy atom. The normalized spacial score (nSPS) is 18.9. The highest BCUT2D eigenvalue weighted by Gasteiger charge is 2.20. The topological polar surface area (TPSA) is 29.5 Å². The molecule has 0 aliphatic carbocycles. The Morgan fingerprint density at radius 2 is 2.10 bits per heavy atom. The Kier molecular flexibility index (Phi) is 5.45. The molecule has 1 saturated heterocycles. The molecule has 1 aliphatic heterocycles. The molecule has 2 rings (SSSR count). The van der Waals surface area contributed by atoms with Crippen molar-refractivity contribution in [1.82, 2.24) is 4.90 Å². The van der Waals surface area contributed by atoms with Crippen LogP contribution in [0.4, 0.5) is 0 Å². The second kappa shape index (κ2) is 7.32. The smallest absolute Gasteiger partial charge is 0.222 e. The lowest BCUT2D eigenvalue weighted by Crippen LogP contribution is -2.39. The molecule has 110 valence electrons. The average Bonchev–Trinajstić information content (AvgIpc) is 2.45. The van der Waals surface area contributed by atoms with Gasteiger partial charge in [0.25, 0.3) is 0 Å². The predicted molar refractivity (Wildman–Crippen MR) is 80.9 cm³/mol. The summed E-state index contributed by atoms with van der Waals surface area (Å²) in [6, 6.07) is 8.03. The highest BCUT2D eigenvalue weighted by Crippen LogP contribution is 2.17. The summed E-state index contributed by atoms with van der Waals surface area (Å²) < 4.78 is 5.65. The van der Waals surface area contributed by atoms with E-state index >= 15 is 0 Å². The van der Waals surface area contributed by atoms with E-state index in [1.807, 2.05) is 29.2 Å². The Labute approximate surface area is 121 Å². The van der Waals surface area contributed by atoms with Gasteiger partial charge in [-0.1, -0.05) is 24.6 Å². The van der Waals surface area contributed by atoms with Crippen LogP contribution in [0.3, 0.4) is 0 Å². The number of ether oxygens (including phenoxy) is 1. The van der Waals surface area contributed by atoms with Crippen LogP contribution in [0.15, 0.2) is 24.3 Å². The standard InChI is InChI=1S/C17H25NO2/c1-14-7-9-16(10-8-14)20-12-4-6-17(19)18-11-3-5-15(2)13-18/h7-10,15H,3-6,11-13H2,1-2H3/t15-/m0/s1. The third-order valence-electron chi connectivity index (χ3n) is 3.83. The van der Waals surface area contributed by atoms with Gasteiger partial charge in [-0.2, -0.15) is 0 Å². The zero-order valence-corrected chi connectivity index (χ0v) is 12.6. The van der Waals surface area contributed by atoms with E-state index in [0.717, 1.165) is 31.7 Å². The van der Waals surface area contributed by atoms with Crippen molar-refractivity contribution in [2.24, 2.45) is 5.92 Å². The fraction of sp³-hybridized carbons (Fsp3) is 0.588. The van der Waals surface area contributed by atoms with Crippen LogP contribution in [0.2, 0.25) is 0 Å². The molecule has 3 nitrogen and oxygen atoms in total. The Hall–Kier alpha value is -1.51. The summed E-state index contributed by atoms with van der Waals surface area (Å²) in [7, 11) is 0. The van der Waals surface area contributed by atoms with Crippen molar-refractivity contribution < 1.29 is 9.53 Å². The molecule has 20 heavy (non-hydrogen) atoms. The first-order valence-corrected chi connectivity index (χ1v) is 7.62. The van der Waals surface area contributed by atoms with Gasteiger partial charge in [0.05, 0.1) is 6.61 Å². The molecule has 1 aliphatic rings. The SMILES string of the molecule is Cc1ccc(OCCCC(=O)N2CCC[C@H](C)C2)cc1. The third kappa shape index (κ3) is 4.55. The molecule has 3 heteroatoms. The summed E-state index contributed by atoms with van der Waals surface area (Å²) in [5.74, 6) is 1.82. The third-order valence-corrected chi connectivity index (χ3v) is 3.83. The molecule has 1 amide bonds. The quantitative estimate of drug-likeness (QED) is 0.771. The number of likely N-dealkylation sites (tertiary alicyclic amines) is 1. The van der Waals surface area contributed by atoms with Crippen LogP contribution >= 0.6 is 0 Å². The summed E-state index contributed by atoms with van der Waals surface area (Å²) in [6.07, 6.45) is 3.78. The first-order chi connectivity index (χ1) is 9.65. The number of amides is 1. The van der Waals surface area contributed by atoms with E-state index in [2.05, 4.69) is 13.8 Å². The molecule has 1 heterocycles. The van der Waals surface area contributed by atoms with E-state index in [1.54, 1.807) is 0 Å². The summed E-state index contributed by atoms with van der Waals surface area (Å²) in [5, 5.41) is 0. The molecule has 0 saturated carbocycles. The maximum atomic E-state index is 12.1. The fourth-order valence-corrected chi connectivity index (χ4v) is 2.62. The maximum absolute atomic E-state index is 12.1. The van der Waals surface area contributed by atoms with E-state index in [9.17, 15) is 4.79 Å². The van der Waals surface area contributed by atoms with Crippen molar-refractivity contribution in [2.75, 3.05) is 19.7 Å². The molecule has 1 atom stereocenters. The van der Waals surface area contributed by atoms with Crippen molar-refractivity contribution in [3.05, 3.63) is 29.8 Å². The molecule has 0 spiro atoms. The molecule has 0 unspecified atom stereocenters. The van der Waals surface area contributed by atoms with Gasteiger partial charge in [0.15, 0.2) is 0 Å². The largest absolute Gasteiger partial charge is 0.494 e. The van der Waals surface area contributed by atoms with Crippen molar-refractivity contribution in [2.45, 2.75) is 39.5 Å². The van der Waals surface area contributed by atoms with Gasteiger partial charge in [0, 0.05) is 19.5 Å². The zero-order chi connectivity index (χ0) is 14.4. The van der Waals surface area contributed by atoms with Crippen LogP contribution < -0.4 is 4.74 Å². The van der Waals surface area contributed by atoms with Gasteiger partial charge in [-0.25, -0.2) is 0 Å². The summed E-state index contributed by atoms with van der Waals surface area (Å²) in [6.45, 7) is 6.75. The van der Waals surface area contributed by atoms with E-state index in [1.165, 1.54) is 12.0 Å². The maximum Gasteiger partial charge on any atom is 0.222 e. The van der Waals surface area contributed by atoms with Crippen molar-refractivity contribution in [3.63, 3.8) is 0 Å². The summed E-state index contributed by atoms with van der Waals surface area (Å²) >= 11 is 0. The molecule has 1 fully saturated rings. The van der Waals surface area contributed by atoms with Crippen molar-refractivity contribution >= 4 is 5.91 Å². The monoisotopic (exact) mass is 275 g/mol. The van der Waals surface area contributed by atoms with Gasteiger partial charge in [0.1, 0.15) is 5.75 Å². The average molecular weight is 275 g/mol. The summed E-state index contributed by atoms with van der Waals surface area (Å²) in [5.41, 5.74) is 1.23. The van der Waals surface area contributed by atoms with Crippen LogP contribution in [0.5, 0.6) is 5.75 Å². The van der Waals surface area contributed by atoms with E-state index < -0.39 is 0 Å². The number of nitrogens with zero attached hydrogens (tertiary/aromatic N) is 1. The van der Waals surface area contributed by atoms with Crippen LogP contribution in [0, 0.1) is 12.8 Å². The first-order valence-electron chi connectivity index (χ1n) is 7.62. The van der Waals surface area contributed by atoms with Crippen molar-refractivity contribution in [3.8, 4) is 5.75 Å². The number of hydrogen-bond acceptors (Lipinski definition) is 2. The van der Waals surface area contributed by atoms with Crippen LogP contribution in [0.1, 0.15) is 38.2 Å². The van der Waals surface area contributed by atoms with Crippen molar-refractivity contribution in [1.29, 1.82) is 0 Å². The first kappa shape index (κ1) is 14.9. The van der Waals surface area contributed by atoms with Gasteiger partial charge >= 0.3 is 0 Å². The highest BCUT2D eigenvalue weighted by atomic mass is 16.5. The molecule has 0 aromatic heterocycles. The number of hydrogen-bond donors (Lipinski definition) is 0. The number of rotatable bonds is 5. The van der Waals surface area contributed by atoms with Crippen LogP contribution in [-0.4, -0.2) is 30.5 Å². The van der Waals surface area contributed by atoms with Gasteiger partial charge in [0.2, 0.25) is 5.91 Å². The van der Waals surface area contributed by atoms with E-state index in [4.69, 9.17) is 4.74 Å². The minimum atomic E-state index is 0.282. The minimum absolute atomic E-state index is 0.282. The molecule has 0 bridgehead atoms. The van der Waals surface area contributed by atoms with Gasteiger partial charge in [-0.15, -0.1) is 0 Å².